The predicted molar refractivity (Wildman–Crippen MR) is 117 cm³/mol. The average Bonchev–Trinajstić information content (AvgIpc) is 3.09. The molecule has 0 bridgehead atoms. The molecule has 0 spiro atoms. The largest absolute Gasteiger partial charge is 0.385 e. The van der Waals surface area contributed by atoms with Crippen LogP contribution in [0.5, 0.6) is 0 Å². The number of hydrogen-bond donors (Lipinski definition) is 1. The second-order valence-corrected chi connectivity index (χ2v) is 8.45. The number of anilines is 2. The fourth-order valence-corrected chi connectivity index (χ4v) is 4.74. The molecule has 1 aliphatic rings. The van der Waals surface area contributed by atoms with Gasteiger partial charge in [-0.15, -0.1) is 0 Å². The molecule has 4 rings (SSSR count). The standard InChI is InChI=1S/C21H22Cl3N3O/c1-3-21(28,4-2)14-7-8-15(23)18-19(14)27-11-5-10-26(20(27)25-18)17-9-6-13(22)12-16(17)24/h6-9,12,28H,3-5,10-11H2,1-2H3. The number of fused-ring (bicyclic) bond motifs is 3. The predicted octanol–water partition coefficient (Wildman–Crippen LogP) is 6.55. The van der Waals surface area contributed by atoms with E-state index in [4.69, 9.17) is 39.8 Å². The summed E-state index contributed by atoms with van der Waals surface area (Å²) in [6.45, 7) is 5.60. The van der Waals surface area contributed by atoms with Crippen molar-refractivity contribution >= 4 is 57.5 Å². The van der Waals surface area contributed by atoms with Crippen molar-refractivity contribution < 1.29 is 5.11 Å². The molecule has 0 atom stereocenters. The molecule has 1 aromatic heterocycles. The minimum absolute atomic E-state index is 0.581. The van der Waals surface area contributed by atoms with E-state index >= 15 is 0 Å². The van der Waals surface area contributed by atoms with E-state index in [-0.39, 0.29) is 0 Å². The monoisotopic (exact) mass is 437 g/mol. The van der Waals surface area contributed by atoms with Gasteiger partial charge in [0.05, 0.1) is 26.9 Å². The minimum atomic E-state index is -0.917. The lowest BCUT2D eigenvalue weighted by Crippen LogP contribution is -2.29. The molecule has 2 aromatic carbocycles. The van der Waals surface area contributed by atoms with Crippen molar-refractivity contribution in [2.24, 2.45) is 0 Å². The van der Waals surface area contributed by atoms with Gasteiger partial charge >= 0.3 is 0 Å². The van der Waals surface area contributed by atoms with Gasteiger partial charge in [0.25, 0.3) is 0 Å². The van der Waals surface area contributed by atoms with Crippen molar-refractivity contribution in [3.05, 3.63) is 51.0 Å². The highest BCUT2D eigenvalue weighted by atomic mass is 35.5. The van der Waals surface area contributed by atoms with E-state index in [2.05, 4.69) is 9.47 Å². The molecule has 0 radical (unpaired) electrons. The SMILES string of the molecule is CCC(O)(CC)c1ccc(Cl)c2nc3n(c12)CCCN3c1ccc(Cl)cc1Cl. The van der Waals surface area contributed by atoms with Crippen molar-refractivity contribution in [2.45, 2.75) is 45.3 Å². The van der Waals surface area contributed by atoms with Gasteiger partial charge in [-0.25, -0.2) is 4.98 Å². The zero-order valence-electron chi connectivity index (χ0n) is 15.8. The van der Waals surface area contributed by atoms with Gasteiger partial charge in [-0.3, -0.25) is 0 Å². The van der Waals surface area contributed by atoms with Gasteiger partial charge in [-0.2, -0.15) is 0 Å². The summed E-state index contributed by atoms with van der Waals surface area (Å²) in [6.07, 6.45) is 2.17. The summed E-state index contributed by atoms with van der Waals surface area (Å²) in [4.78, 5) is 6.97. The van der Waals surface area contributed by atoms with Crippen LogP contribution in [-0.2, 0) is 12.1 Å². The van der Waals surface area contributed by atoms with Crippen LogP contribution < -0.4 is 4.90 Å². The molecule has 0 amide bonds. The van der Waals surface area contributed by atoms with Gasteiger partial charge in [0.2, 0.25) is 5.95 Å². The van der Waals surface area contributed by atoms with Crippen LogP contribution in [0.4, 0.5) is 11.6 Å². The summed E-state index contributed by atoms with van der Waals surface area (Å²) in [5.74, 6) is 0.786. The van der Waals surface area contributed by atoms with E-state index in [0.717, 1.165) is 42.2 Å². The summed E-state index contributed by atoms with van der Waals surface area (Å²) in [7, 11) is 0. The lowest BCUT2D eigenvalue weighted by molar-refractivity contribution is 0.0295. The van der Waals surface area contributed by atoms with Gasteiger partial charge in [0.15, 0.2) is 0 Å². The Morgan fingerprint density at radius 3 is 2.46 bits per heavy atom. The Morgan fingerprint density at radius 1 is 1.04 bits per heavy atom. The molecule has 1 aliphatic heterocycles. The van der Waals surface area contributed by atoms with Crippen LogP contribution >= 0.6 is 34.8 Å². The van der Waals surface area contributed by atoms with E-state index in [9.17, 15) is 5.11 Å². The zero-order chi connectivity index (χ0) is 20.1. The number of nitrogens with zero attached hydrogens (tertiary/aromatic N) is 3. The first kappa shape index (κ1) is 19.8. The number of imidazole rings is 1. The molecule has 4 nitrogen and oxygen atoms in total. The molecule has 0 fully saturated rings. The third-order valence-corrected chi connectivity index (χ3v) is 6.54. The van der Waals surface area contributed by atoms with Crippen LogP contribution in [0.25, 0.3) is 11.0 Å². The normalized spacial score (nSPS) is 14.6. The number of aromatic nitrogens is 2. The van der Waals surface area contributed by atoms with Crippen molar-refractivity contribution in [2.75, 3.05) is 11.4 Å². The van der Waals surface area contributed by atoms with E-state index in [1.807, 2.05) is 38.1 Å². The van der Waals surface area contributed by atoms with Crippen LogP contribution in [0.1, 0.15) is 38.7 Å². The maximum Gasteiger partial charge on any atom is 0.211 e. The van der Waals surface area contributed by atoms with E-state index in [1.54, 1.807) is 6.07 Å². The Labute approximate surface area is 179 Å². The summed E-state index contributed by atoms with van der Waals surface area (Å²) < 4.78 is 2.15. The van der Waals surface area contributed by atoms with Crippen molar-refractivity contribution in [3.63, 3.8) is 0 Å². The summed E-state index contributed by atoms with van der Waals surface area (Å²) in [6, 6.07) is 9.24. The number of halogens is 3. The fourth-order valence-electron chi connectivity index (χ4n) is 4.03. The molecule has 3 aromatic rings. The molecule has 28 heavy (non-hydrogen) atoms. The van der Waals surface area contributed by atoms with Gasteiger partial charge < -0.3 is 14.6 Å². The first-order valence-electron chi connectivity index (χ1n) is 9.53. The number of aryl methyl sites for hydroxylation is 1. The second-order valence-electron chi connectivity index (χ2n) is 7.20. The zero-order valence-corrected chi connectivity index (χ0v) is 18.1. The molecule has 0 saturated carbocycles. The highest BCUT2D eigenvalue weighted by Crippen LogP contribution is 2.42. The first-order chi connectivity index (χ1) is 13.4. The fraction of sp³-hybridized carbons (Fsp3) is 0.381. The molecule has 0 unspecified atom stereocenters. The minimum Gasteiger partial charge on any atom is -0.385 e. The third-order valence-electron chi connectivity index (χ3n) is 5.70. The van der Waals surface area contributed by atoms with Crippen molar-refractivity contribution in [1.82, 2.24) is 9.55 Å². The topological polar surface area (TPSA) is 41.3 Å². The molecule has 7 heteroatoms. The summed E-state index contributed by atoms with van der Waals surface area (Å²) >= 11 is 19.1. The van der Waals surface area contributed by atoms with Crippen LogP contribution in [0.2, 0.25) is 15.1 Å². The first-order valence-corrected chi connectivity index (χ1v) is 10.7. The smallest absolute Gasteiger partial charge is 0.211 e. The Balaban J connectivity index is 1.97. The van der Waals surface area contributed by atoms with Crippen molar-refractivity contribution in [3.8, 4) is 0 Å². The highest BCUT2D eigenvalue weighted by molar-refractivity contribution is 6.36. The molecule has 1 N–H and O–H groups in total. The highest BCUT2D eigenvalue weighted by Gasteiger charge is 2.32. The van der Waals surface area contributed by atoms with Gasteiger partial charge in [-0.05, 0) is 43.5 Å². The van der Waals surface area contributed by atoms with E-state index < -0.39 is 5.60 Å². The average molecular weight is 439 g/mol. The molecule has 148 valence electrons. The van der Waals surface area contributed by atoms with Gasteiger partial charge in [0, 0.05) is 23.7 Å². The second kappa shape index (κ2) is 7.42. The van der Waals surface area contributed by atoms with Gasteiger partial charge in [-0.1, -0.05) is 54.7 Å². The maximum atomic E-state index is 11.2. The number of rotatable bonds is 4. The Kier molecular flexibility index (Phi) is 5.25. The molecule has 0 aliphatic carbocycles. The number of benzene rings is 2. The number of aliphatic hydroxyl groups is 1. The maximum absolute atomic E-state index is 11.2. The van der Waals surface area contributed by atoms with Crippen molar-refractivity contribution in [1.29, 1.82) is 0 Å². The number of hydrogen-bond acceptors (Lipinski definition) is 3. The molecule has 0 saturated heterocycles. The Bertz CT molecular complexity index is 1040. The third kappa shape index (κ3) is 3.07. The lowest BCUT2D eigenvalue weighted by Gasteiger charge is -2.31. The van der Waals surface area contributed by atoms with Crippen LogP contribution in [-0.4, -0.2) is 21.2 Å². The Morgan fingerprint density at radius 2 is 1.79 bits per heavy atom. The van der Waals surface area contributed by atoms with E-state index in [1.165, 1.54) is 0 Å². The van der Waals surface area contributed by atoms with Crippen LogP contribution in [0, 0.1) is 0 Å². The summed E-state index contributed by atoms with van der Waals surface area (Å²) in [5.41, 5.74) is 2.44. The van der Waals surface area contributed by atoms with Crippen LogP contribution in [0.15, 0.2) is 30.3 Å². The molecule has 2 heterocycles. The quantitative estimate of drug-likeness (QED) is 0.502. The van der Waals surface area contributed by atoms with Crippen LogP contribution in [0.3, 0.4) is 0 Å². The van der Waals surface area contributed by atoms with E-state index in [0.29, 0.717) is 33.4 Å². The van der Waals surface area contributed by atoms with Gasteiger partial charge in [0.1, 0.15) is 5.52 Å². The lowest BCUT2D eigenvalue weighted by atomic mass is 9.87. The molecular weight excluding hydrogens is 417 g/mol. The molecular formula is C21H22Cl3N3O. The Hall–Kier alpha value is -1.46. The summed E-state index contributed by atoms with van der Waals surface area (Å²) in [5, 5.41) is 13.0.